The van der Waals surface area contributed by atoms with Crippen LogP contribution in [0.1, 0.15) is 0 Å². The van der Waals surface area contributed by atoms with Gasteiger partial charge in [-0.05, 0) is 34.9 Å². The van der Waals surface area contributed by atoms with Gasteiger partial charge in [0, 0.05) is 16.8 Å². The Hall–Kier alpha value is -2.19. The number of benzene rings is 1. The lowest BCUT2D eigenvalue weighted by molar-refractivity contribution is 1.06. The van der Waals surface area contributed by atoms with Crippen molar-refractivity contribution < 1.29 is 0 Å². The van der Waals surface area contributed by atoms with Gasteiger partial charge >= 0.3 is 0 Å². The molecule has 2 aromatic rings. The summed E-state index contributed by atoms with van der Waals surface area (Å²) < 4.78 is 1.83. The number of hydrogen-bond acceptors (Lipinski definition) is 1. The van der Waals surface area contributed by atoms with Gasteiger partial charge < -0.3 is 4.57 Å². The Kier molecular flexibility index (Phi) is 2.21. The van der Waals surface area contributed by atoms with Gasteiger partial charge in [0.2, 0.25) is 0 Å². The standard InChI is InChI=1S/C10H8N4/c11-13-12-10-7-4-8-14(10)9-5-2-1-3-6-9/h1-8H. The van der Waals surface area contributed by atoms with E-state index in [4.69, 9.17) is 5.53 Å². The summed E-state index contributed by atoms with van der Waals surface area (Å²) in [5, 5.41) is 3.59. The highest BCUT2D eigenvalue weighted by Crippen LogP contribution is 2.19. The highest BCUT2D eigenvalue weighted by molar-refractivity contribution is 5.42. The van der Waals surface area contributed by atoms with E-state index >= 15 is 0 Å². The Morgan fingerprint density at radius 3 is 2.57 bits per heavy atom. The lowest BCUT2D eigenvalue weighted by Crippen LogP contribution is -1.88. The van der Waals surface area contributed by atoms with Crippen molar-refractivity contribution in [2.75, 3.05) is 0 Å². The summed E-state index contributed by atoms with van der Waals surface area (Å²) in [5.74, 6) is 0.596. The van der Waals surface area contributed by atoms with E-state index in [9.17, 15) is 0 Å². The van der Waals surface area contributed by atoms with Crippen LogP contribution in [0, 0.1) is 0 Å². The van der Waals surface area contributed by atoms with Crippen molar-refractivity contribution >= 4 is 5.82 Å². The second-order valence-electron chi connectivity index (χ2n) is 2.76. The number of hydrogen-bond donors (Lipinski definition) is 0. The molecule has 0 fully saturated rings. The lowest BCUT2D eigenvalue weighted by atomic mass is 10.3. The number of aromatic nitrogens is 1. The quantitative estimate of drug-likeness (QED) is 0.390. The third-order valence-corrected chi connectivity index (χ3v) is 1.91. The maximum atomic E-state index is 8.35. The average molecular weight is 184 g/mol. The van der Waals surface area contributed by atoms with Gasteiger partial charge in [0.25, 0.3) is 0 Å². The molecule has 0 aliphatic rings. The van der Waals surface area contributed by atoms with E-state index < -0.39 is 0 Å². The van der Waals surface area contributed by atoms with Crippen LogP contribution in [-0.2, 0) is 0 Å². The van der Waals surface area contributed by atoms with Gasteiger partial charge in [0.05, 0.1) is 0 Å². The molecule has 1 heterocycles. The third kappa shape index (κ3) is 1.46. The number of azide groups is 1. The van der Waals surface area contributed by atoms with Crippen molar-refractivity contribution in [1.82, 2.24) is 4.57 Å². The Bertz CT molecular complexity index is 466. The third-order valence-electron chi connectivity index (χ3n) is 1.91. The monoisotopic (exact) mass is 184 g/mol. The Morgan fingerprint density at radius 1 is 1.07 bits per heavy atom. The fraction of sp³-hybridized carbons (Fsp3) is 0. The first-order valence-corrected chi connectivity index (χ1v) is 4.20. The van der Waals surface area contributed by atoms with Crippen LogP contribution in [-0.4, -0.2) is 4.57 Å². The van der Waals surface area contributed by atoms with E-state index in [2.05, 4.69) is 10.0 Å². The van der Waals surface area contributed by atoms with Crippen LogP contribution in [0.5, 0.6) is 0 Å². The van der Waals surface area contributed by atoms with Crippen molar-refractivity contribution in [2.24, 2.45) is 5.11 Å². The Morgan fingerprint density at radius 2 is 1.86 bits per heavy atom. The molecule has 1 aromatic heterocycles. The molecule has 0 radical (unpaired) electrons. The van der Waals surface area contributed by atoms with Crippen LogP contribution >= 0.6 is 0 Å². The molecular weight excluding hydrogens is 176 g/mol. The van der Waals surface area contributed by atoms with Crippen molar-refractivity contribution in [1.29, 1.82) is 0 Å². The van der Waals surface area contributed by atoms with E-state index in [0.717, 1.165) is 5.69 Å². The predicted molar refractivity (Wildman–Crippen MR) is 54.6 cm³/mol. The van der Waals surface area contributed by atoms with Gasteiger partial charge in [-0.15, -0.1) is 0 Å². The second-order valence-corrected chi connectivity index (χ2v) is 2.76. The molecule has 0 N–H and O–H groups in total. The smallest absolute Gasteiger partial charge is 0.109 e. The van der Waals surface area contributed by atoms with E-state index in [0.29, 0.717) is 5.82 Å². The van der Waals surface area contributed by atoms with Crippen LogP contribution in [0.2, 0.25) is 0 Å². The molecule has 0 saturated carbocycles. The minimum Gasteiger partial charge on any atom is -0.315 e. The topological polar surface area (TPSA) is 53.7 Å². The van der Waals surface area contributed by atoms with E-state index in [-0.39, 0.29) is 0 Å². The average Bonchev–Trinajstić information content (AvgIpc) is 2.68. The van der Waals surface area contributed by atoms with Gasteiger partial charge in [0.15, 0.2) is 0 Å². The molecule has 68 valence electrons. The zero-order chi connectivity index (χ0) is 9.80. The summed E-state index contributed by atoms with van der Waals surface area (Å²) in [5.41, 5.74) is 9.34. The SMILES string of the molecule is [N-]=[N+]=Nc1cccn1-c1ccccc1. The predicted octanol–water partition coefficient (Wildman–Crippen LogP) is 3.42. The first-order valence-electron chi connectivity index (χ1n) is 4.20. The van der Waals surface area contributed by atoms with Crippen molar-refractivity contribution in [3.8, 4) is 5.69 Å². The molecule has 0 unspecified atom stereocenters. The van der Waals surface area contributed by atoms with Gasteiger partial charge in [-0.2, -0.15) is 0 Å². The Labute approximate surface area is 81.0 Å². The van der Waals surface area contributed by atoms with Gasteiger partial charge in [-0.1, -0.05) is 18.2 Å². The van der Waals surface area contributed by atoms with Gasteiger partial charge in [0.1, 0.15) is 5.82 Å². The molecule has 0 bridgehead atoms. The molecule has 0 amide bonds. The number of rotatable bonds is 2. The lowest BCUT2D eigenvalue weighted by Gasteiger charge is -2.04. The zero-order valence-corrected chi connectivity index (χ0v) is 7.41. The molecule has 14 heavy (non-hydrogen) atoms. The molecule has 1 aromatic carbocycles. The van der Waals surface area contributed by atoms with Crippen LogP contribution in [0.15, 0.2) is 53.8 Å². The summed E-state index contributed by atoms with van der Waals surface area (Å²) >= 11 is 0. The van der Waals surface area contributed by atoms with Crippen molar-refractivity contribution in [2.45, 2.75) is 0 Å². The Balaban J connectivity index is 2.52. The first-order chi connectivity index (χ1) is 6.92. The maximum absolute atomic E-state index is 8.35. The minimum atomic E-state index is 0.596. The highest BCUT2D eigenvalue weighted by Gasteiger charge is 1.98. The maximum Gasteiger partial charge on any atom is 0.109 e. The van der Waals surface area contributed by atoms with Crippen molar-refractivity contribution in [3.63, 3.8) is 0 Å². The molecule has 0 spiro atoms. The summed E-state index contributed by atoms with van der Waals surface area (Å²) in [6.45, 7) is 0. The minimum absolute atomic E-state index is 0.596. The molecule has 2 rings (SSSR count). The number of para-hydroxylation sites is 1. The molecule has 0 aliphatic carbocycles. The summed E-state index contributed by atoms with van der Waals surface area (Å²) in [4.78, 5) is 2.77. The van der Waals surface area contributed by atoms with Crippen LogP contribution in [0.25, 0.3) is 16.1 Å². The fourth-order valence-electron chi connectivity index (χ4n) is 1.31. The molecule has 0 atom stereocenters. The molecular formula is C10H8N4. The molecule has 4 heteroatoms. The van der Waals surface area contributed by atoms with Crippen molar-refractivity contribution in [3.05, 3.63) is 59.1 Å². The van der Waals surface area contributed by atoms with Crippen LogP contribution in [0.3, 0.4) is 0 Å². The summed E-state index contributed by atoms with van der Waals surface area (Å²) in [6, 6.07) is 13.3. The zero-order valence-electron chi connectivity index (χ0n) is 7.41. The molecule has 0 aliphatic heterocycles. The largest absolute Gasteiger partial charge is 0.315 e. The summed E-state index contributed by atoms with van der Waals surface area (Å²) in [6.07, 6.45) is 1.86. The fourth-order valence-corrected chi connectivity index (χ4v) is 1.31. The van der Waals surface area contributed by atoms with Gasteiger partial charge in [-0.3, -0.25) is 0 Å². The van der Waals surface area contributed by atoms with E-state index in [1.807, 2.05) is 47.2 Å². The van der Waals surface area contributed by atoms with Crippen LogP contribution in [0.4, 0.5) is 5.82 Å². The van der Waals surface area contributed by atoms with E-state index in [1.54, 1.807) is 6.07 Å². The highest BCUT2D eigenvalue weighted by atomic mass is 15.2. The second kappa shape index (κ2) is 3.68. The van der Waals surface area contributed by atoms with Crippen LogP contribution < -0.4 is 0 Å². The molecule has 4 nitrogen and oxygen atoms in total. The summed E-state index contributed by atoms with van der Waals surface area (Å²) in [7, 11) is 0. The first kappa shape index (κ1) is 8.41. The normalized spacial score (nSPS) is 9.43. The number of nitrogens with zero attached hydrogens (tertiary/aromatic N) is 4. The molecule has 0 saturated heterocycles. The van der Waals surface area contributed by atoms with Gasteiger partial charge in [-0.25, -0.2) is 0 Å². The van der Waals surface area contributed by atoms with E-state index in [1.165, 1.54) is 0 Å².